The van der Waals surface area contributed by atoms with Crippen molar-refractivity contribution >= 4 is 17.6 Å². The van der Waals surface area contributed by atoms with E-state index in [1.807, 2.05) is 0 Å². The molecule has 0 spiro atoms. The molecule has 1 aliphatic carbocycles. The Bertz CT molecular complexity index is 645. The van der Waals surface area contributed by atoms with Gasteiger partial charge in [0.15, 0.2) is 0 Å². The van der Waals surface area contributed by atoms with Gasteiger partial charge in [-0.05, 0) is 43.4 Å². The number of rotatable bonds is 1. The van der Waals surface area contributed by atoms with Crippen molar-refractivity contribution in [2.24, 2.45) is 5.92 Å². The number of nitrogens with zero attached hydrogens (tertiary/aromatic N) is 2. The number of amides is 3. The molecule has 2 unspecified atom stereocenters. The first-order valence-corrected chi connectivity index (χ1v) is 7.21. The van der Waals surface area contributed by atoms with Crippen LogP contribution in [-0.2, 0) is 11.0 Å². The zero-order valence-corrected chi connectivity index (χ0v) is 11.5. The van der Waals surface area contributed by atoms with Gasteiger partial charge >= 0.3 is 12.2 Å². The van der Waals surface area contributed by atoms with E-state index in [1.165, 1.54) is 12.1 Å². The van der Waals surface area contributed by atoms with E-state index in [4.69, 9.17) is 0 Å². The third-order valence-electron chi connectivity index (χ3n) is 4.90. The van der Waals surface area contributed by atoms with E-state index in [9.17, 15) is 22.8 Å². The molecule has 22 heavy (non-hydrogen) atoms. The van der Waals surface area contributed by atoms with Gasteiger partial charge in [-0.1, -0.05) is 6.07 Å². The fraction of sp³-hybridized carbons (Fsp3) is 0.467. The van der Waals surface area contributed by atoms with Gasteiger partial charge in [-0.3, -0.25) is 4.79 Å². The molecule has 3 atom stereocenters. The van der Waals surface area contributed by atoms with Gasteiger partial charge in [0.2, 0.25) is 0 Å². The Kier molecular flexibility index (Phi) is 2.62. The largest absolute Gasteiger partial charge is 0.416 e. The van der Waals surface area contributed by atoms with Crippen LogP contribution in [0.25, 0.3) is 0 Å². The number of fused-ring (bicyclic) bond motifs is 5. The van der Waals surface area contributed by atoms with Gasteiger partial charge < -0.3 is 4.90 Å². The molecule has 4 nitrogen and oxygen atoms in total. The highest BCUT2D eigenvalue weighted by Gasteiger charge is 2.59. The Morgan fingerprint density at radius 2 is 1.91 bits per heavy atom. The summed E-state index contributed by atoms with van der Waals surface area (Å²) < 4.78 is 38.4. The van der Waals surface area contributed by atoms with Gasteiger partial charge in [-0.15, -0.1) is 0 Å². The summed E-state index contributed by atoms with van der Waals surface area (Å²) >= 11 is 0. The molecule has 0 N–H and O–H groups in total. The molecule has 4 rings (SSSR count). The molecule has 1 aromatic carbocycles. The van der Waals surface area contributed by atoms with Gasteiger partial charge in [0.1, 0.15) is 6.04 Å². The zero-order valence-electron chi connectivity index (χ0n) is 11.5. The van der Waals surface area contributed by atoms with Crippen LogP contribution in [0.15, 0.2) is 24.3 Å². The van der Waals surface area contributed by atoms with Crippen molar-refractivity contribution in [2.45, 2.75) is 37.5 Å². The standard InChI is InChI=1S/C15H13F3N2O2/c16-15(17,18)9-2-1-3-10(7-9)20-13(21)12-8-4-5-11(6-8)19(12)14(20)22/h1-3,7-8,11-12H,4-6H2/t8?,11-,12?/m1/s1. The second kappa shape index (κ2) is 4.24. The number of urea groups is 1. The Morgan fingerprint density at radius 1 is 1.14 bits per heavy atom. The smallest absolute Gasteiger partial charge is 0.309 e. The van der Waals surface area contributed by atoms with Gasteiger partial charge in [0.05, 0.1) is 11.3 Å². The Labute approximate surface area is 124 Å². The predicted molar refractivity (Wildman–Crippen MR) is 71.1 cm³/mol. The molecule has 2 bridgehead atoms. The minimum absolute atomic E-state index is 0.00127. The molecule has 1 aromatic rings. The van der Waals surface area contributed by atoms with Crippen LogP contribution in [0.4, 0.5) is 23.7 Å². The number of carbonyl (C=O) groups is 2. The van der Waals surface area contributed by atoms with E-state index in [0.29, 0.717) is 0 Å². The SMILES string of the molecule is O=C1C2C3CC[C@H](C3)N2C(=O)N1c1cccc(C(F)(F)F)c1. The Balaban J connectivity index is 1.72. The fourth-order valence-electron chi connectivity index (χ4n) is 3.98. The predicted octanol–water partition coefficient (Wildman–Crippen LogP) is 3.02. The van der Waals surface area contributed by atoms with E-state index in [-0.39, 0.29) is 17.6 Å². The van der Waals surface area contributed by atoms with Crippen molar-refractivity contribution in [1.29, 1.82) is 0 Å². The highest BCUT2D eigenvalue weighted by atomic mass is 19.4. The van der Waals surface area contributed by atoms with Gasteiger partial charge in [0.25, 0.3) is 5.91 Å². The topological polar surface area (TPSA) is 40.6 Å². The molecule has 2 heterocycles. The Hall–Kier alpha value is -2.05. The Morgan fingerprint density at radius 3 is 2.59 bits per heavy atom. The van der Waals surface area contributed by atoms with Crippen molar-refractivity contribution in [1.82, 2.24) is 4.90 Å². The average molecular weight is 310 g/mol. The van der Waals surface area contributed by atoms with Crippen molar-refractivity contribution in [3.05, 3.63) is 29.8 Å². The van der Waals surface area contributed by atoms with E-state index in [1.54, 1.807) is 4.90 Å². The maximum Gasteiger partial charge on any atom is 0.416 e. The van der Waals surface area contributed by atoms with Gasteiger partial charge in [-0.2, -0.15) is 13.2 Å². The first-order valence-electron chi connectivity index (χ1n) is 7.21. The first kappa shape index (κ1) is 13.6. The number of carbonyl (C=O) groups excluding carboxylic acids is 2. The van der Waals surface area contributed by atoms with Crippen LogP contribution in [-0.4, -0.2) is 28.9 Å². The van der Waals surface area contributed by atoms with Gasteiger partial charge in [0, 0.05) is 6.04 Å². The van der Waals surface area contributed by atoms with Crippen molar-refractivity contribution in [2.75, 3.05) is 4.90 Å². The minimum atomic E-state index is -4.50. The van der Waals surface area contributed by atoms with E-state index in [0.717, 1.165) is 36.3 Å². The lowest BCUT2D eigenvalue weighted by atomic mass is 9.99. The molecule has 2 aliphatic heterocycles. The van der Waals surface area contributed by atoms with Crippen LogP contribution >= 0.6 is 0 Å². The van der Waals surface area contributed by atoms with E-state index in [2.05, 4.69) is 0 Å². The van der Waals surface area contributed by atoms with Crippen LogP contribution in [0, 0.1) is 5.92 Å². The maximum atomic E-state index is 12.8. The fourth-order valence-corrected chi connectivity index (χ4v) is 3.98. The van der Waals surface area contributed by atoms with Crippen LogP contribution in [0.3, 0.4) is 0 Å². The normalized spacial score (nSPS) is 30.4. The molecule has 3 fully saturated rings. The number of piperidine rings is 1. The maximum absolute atomic E-state index is 12.8. The van der Waals surface area contributed by atoms with Gasteiger partial charge in [-0.25, -0.2) is 9.69 Å². The molecule has 3 aliphatic rings. The number of hydrogen-bond acceptors (Lipinski definition) is 2. The molecule has 3 amide bonds. The number of halogens is 3. The second-order valence-corrected chi connectivity index (χ2v) is 6.08. The molecular weight excluding hydrogens is 297 g/mol. The summed E-state index contributed by atoms with van der Waals surface area (Å²) in [5.74, 6) is -0.242. The molecule has 1 saturated carbocycles. The zero-order chi connectivity index (χ0) is 15.6. The number of imide groups is 1. The third kappa shape index (κ3) is 1.71. The molecule has 2 saturated heterocycles. The number of alkyl halides is 3. The summed E-state index contributed by atoms with van der Waals surface area (Å²) in [6.07, 6.45) is -1.90. The lowest BCUT2D eigenvalue weighted by Crippen LogP contribution is -2.40. The lowest BCUT2D eigenvalue weighted by Gasteiger charge is -2.25. The molecular formula is C15H13F3N2O2. The van der Waals surface area contributed by atoms with Crippen LogP contribution < -0.4 is 4.90 Å². The quantitative estimate of drug-likeness (QED) is 0.748. The number of benzene rings is 1. The van der Waals surface area contributed by atoms with E-state index >= 15 is 0 Å². The molecule has 0 aromatic heterocycles. The summed E-state index contributed by atoms with van der Waals surface area (Å²) in [6, 6.07) is 3.47. The summed E-state index contributed by atoms with van der Waals surface area (Å²) in [5, 5.41) is 0. The van der Waals surface area contributed by atoms with Crippen molar-refractivity contribution in [3.63, 3.8) is 0 Å². The first-order chi connectivity index (χ1) is 10.4. The summed E-state index contributed by atoms with van der Waals surface area (Å²) in [4.78, 5) is 27.5. The average Bonchev–Trinajstić information content (AvgIpc) is 3.12. The van der Waals surface area contributed by atoms with Crippen LogP contribution in [0.5, 0.6) is 0 Å². The summed E-state index contributed by atoms with van der Waals surface area (Å²) in [5.41, 5.74) is -0.862. The highest BCUT2D eigenvalue weighted by Crippen LogP contribution is 2.47. The molecule has 116 valence electrons. The highest BCUT2D eigenvalue weighted by molar-refractivity contribution is 6.22. The van der Waals surface area contributed by atoms with Crippen molar-refractivity contribution in [3.8, 4) is 0 Å². The van der Waals surface area contributed by atoms with Crippen LogP contribution in [0.2, 0.25) is 0 Å². The number of hydrogen-bond donors (Lipinski definition) is 0. The summed E-state index contributed by atoms with van der Waals surface area (Å²) in [7, 11) is 0. The third-order valence-corrected chi connectivity index (χ3v) is 4.90. The minimum Gasteiger partial charge on any atom is -0.309 e. The molecule has 0 radical (unpaired) electrons. The number of anilines is 1. The molecule has 7 heteroatoms. The lowest BCUT2D eigenvalue weighted by molar-refractivity contribution is -0.137. The van der Waals surface area contributed by atoms with E-state index < -0.39 is 29.7 Å². The summed E-state index contributed by atoms with van der Waals surface area (Å²) in [6.45, 7) is 0. The monoisotopic (exact) mass is 310 g/mol. The van der Waals surface area contributed by atoms with Crippen molar-refractivity contribution < 1.29 is 22.8 Å². The second-order valence-electron chi connectivity index (χ2n) is 6.08. The van der Waals surface area contributed by atoms with Crippen LogP contribution in [0.1, 0.15) is 24.8 Å².